The number of unbranched alkanes of at least 4 members (excludes halogenated alkanes) is 16. The van der Waals surface area contributed by atoms with E-state index in [1.165, 1.54) is 89.9 Å². The highest BCUT2D eigenvalue weighted by Crippen LogP contribution is 2.14. The van der Waals surface area contributed by atoms with Crippen LogP contribution in [0.5, 0.6) is 0 Å². The van der Waals surface area contributed by atoms with Crippen LogP contribution in [0.15, 0.2) is 0 Å². The van der Waals surface area contributed by atoms with Gasteiger partial charge >= 0.3 is 10.4 Å². The first kappa shape index (κ1) is 26.8. The van der Waals surface area contributed by atoms with Crippen molar-refractivity contribution < 1.29 is 21.8 Å². The molecule has 0 fully saturated rings. The maximum Gasteiger partial charge on any atom is 0.426 e. The number of hydrogen-bond acceptors (Lipinski definition) is 5. The summed E-state index contributed by atoms with van der Waals surface area (Å²) in [6.45, 7) is 4.24. The fourth-order valence-electron chi connectivity index (χ4n) is 3.11. The molecule has 0 radical (unpaired) electrons. The predicted molar refractivity (Wildman–Crippen MR) is 112 cm³/mol. The van der Waals surface area contributed by atoms with Crippen molar-refractivity contribution in [2.75, 3.05) is 13.2 Å². The van der Waals surface area contributed by atoms with E-state index in [1.807, 2.05) is 0 Å². The Labute approximate surface area is 168 Å². The van der Waals surface area contributed by atoms with Crippen molar-refractivity contribution >= 4 is 10.4 Å². The van der Waals surface area contributed by atoms with Crippen LogP contribution in [0.4, 0.5) is 0 Å². The normalized spacial score (nSPS) is 11.9. The van der Waals surface area contributed by atoms with Crippen LogP contribution in [0.2, 0.25) is 0 Å². The lowest BCUT2D eigenvalue weighted by Gasteiger charge is -2.05. The monoisotopic (exact) mass is 408 g/mol. The van der Waals surface area contributed by atoms with Crippen molar-refractivity contribution in [3.63, 3.8) is 0 Å². The molecule has 0 atom stereocenters. The quantitative estimate of drug-likeness (QED) is 0.111. The second-order valence-electron chi connectivity index (χ2n) is 7.36. The average molecular weight is 409 g/mol. The van der Waals surface area contributed by atoms with Gasteiger partial charge in [-0.1, -0.05) is 114 Å². The summed E-state index contributed by atoms with van der Waals surface area (Å²) in [5.41, 5.74) is 0. The molecule has 0 aliphatic carbocycles. The van der Waals surface area contributed by atoms with Gasteiger partial charge in [-0.3, -0.25) is 0 Å². The van der Waals surface area contributed by atoms with Crippen molar-refractivity contribution in [2.45, 2.75) is 123 Å². The van der Waals surface area contributed by atoms with Crippen LogP contribution in [-0.2, 0) is 23.8 Å². The predicted octanol–water partition coefficient (Wildman–Crippen LogP) is 6.87. The summed E-state index contributed by atoms with van der Waals surface area (Å²) < 4.78 is 31.2. The number of rotatable bonds is 22. The minimum Gasteiger partial charge on any atom is -0.246 e. The van der Waals surface area contributed by atoms with Gasteiger partial charge in [-0.15, -0.1) is 0 Å². The molecule has 27 heavy (non-hydrogen) atoms. The molecule has 5 nitrogen and oxygen atoms in total. The first-order valence-electron chi connectivity index (χ1n) is 11.3. The van der Waals surface area contributed by atoms with Gasteiger partial charge in [-0.2, -0.15) is 8.42 Å². The molecule has 0 saturated heterocycles. The highest BCUT2D eigenvalue weighted by molar-refractivity contribution is 7.81. The molecule has 0 aliphatic rings. The largest absolute Gasteiger partial charge is 0.426 e. The third-order valence-corrected chi connectivity index (χ3v) is 5.44. The van der Waals surface area contributed by atoms with Gasteiger partial charge in [0.05, 0.1) is 13.2 Å². The van der Waals surface area contributed by atoms with E-state index in [9.17, 15) is 8.42 Å². The molecule has 0 rings (SSSR count). The van der Waals surface area contributed by atoms with Gasteiger partial charge in [0, 0.05) is 0 Å². The van der Waals surface area contributed by atoms with Crippen LogP contribution < -0.4 is 0 Å². The Kier molecular flexibility index (Phi) is 20.4. The third kappa shape index (κ3) is 22.0. The van der Waals surface area contributed by atoms with Gasteiger partial charge in [0.1, 0.15) is 0 Å². The first-order valence-corrected chi connectivity index (χ1v) is 12.7. The second kappa shape index (κ2) is 20.6. The summed E-state index contributed by atoms with van der Waals surface area (Å²) in [4.78, 5) is 4.37. The standard InChI is InChI=1S/C21H44O5S/c1-3-5-6-7-8-9-10-11-12-13-14-15-16-17-18-19-20-21-25-27(22,23)26-24-4-2/h3-21H2,1-2H3. The van der Waals surface area contributed by atoms with Gasteiger partial charge in [0.2, 0.25) is 0 Å². The molecule has 0 N–H and O–H groups in total. The molecule has 0 spiro atoms. The van der Waals surface area contributed by atoms with Crippen molar-refractivity contribution in [1.29, 1.82) is 0 Å². The lowest BCUT2D eigenvalue weighted by atomic mass is 10.0. The molecular formula is C21H44O5S. The number of hydrogen-bond donors (Lipinski definition) is 0. The lowest BCUT2D eigenvalue weighted by Crippen LogP contribution is -2.11. The van der Waals surface area contributed by atoms with Crippen molar-refractivity contribution in [3.8, 4) is 0 Å². The summed E-state index contributed by atoms with van der Waals surface area (Å²) in [5, 5.41) is 0. The van der Waals surface area contributed by atoms with Crippen LogP contribution >= 0.6 is 0 Å². The molecule has 0 unspecified atom stereocenters. The fourth-order valence-corrected chi connectivity index (χ4v) is 3.69. The lowest BCUT2D eigenvalue weighted by molar-refractivity contribution is -0.205. The van der Waals surface area contributed by atoms with Gasteiger partial charge in [0.15, 0.2) is 0 Å². The summed E-state index contributed by atoms with van der Waals surface area (Å²) in [6.07, 6.45) is 22.1. The molecule has 164 valence electrons. The Bertz CT molecular complexity index is 384. The third-order valence-electron chi connectivity index (χ3n) is 4.72. The summed E-state index contributed by atoms with van der Waals surface area (Å²) in [6, 6.07) is 0. The van der Waals surface area contributed by atoms with Crippen molar-refractivity contribution in [2.24, 2.45) is 0 Å². The van der Waals surface area contributed by atoms with Gasteiger partial charge in [-0.05, 0) is 13.3 Å². The summed E-state index contributed by atoms with van der Waals surface area (Å²) in [5.74, 6) is 0. The van der Waals surface area contributed by atoms with E-state index in [0.29, 0.717) is 0 Å². The SMILES string of the molecule is CCCCCCCCCCCCCCCCCCCOS(=O)(=O)OOCC. The maximum absolute atomic E-state index is 11.2. The fraction of sp³-hybridized carbons (Fsp3) is 1.00. The van der Waals surface area contributed by atoms with Gasteiger partial charge < -0.3 is 0 Å². The van der Waals surface area contributed by atoms with Crippen LogP contribution in [0, 0.1) is 0 Å². The van der Waals surface area contributed by atoms with E-state index in [-0.39, 0.29) is 13.2 Å². The molecule has 0 heterocycles. The van der Waals surface area contributed by atoms with Crippen molar-refractivity contribution in [3.05, 3.63) is 0 Å². The maximum atomic E-state index is 11.2. The molecule has 0 aromatic rings. The molecule has 0 aromatic carbocycles. The van der Waals surface area contributed by atoms with Crippen LogP contribution in [0.3, 0.4) is 0 Å². The smallest absolute Gasteiger partial charge is 0.246 e. The van der Waals surface area contributed by atoms with E-state index < -0.39 is 10.4 Å². The average Bonchev–Trinajstić information content (AvgIpc) is 2.65. The van der Waals surface area contributed by atoms with Gasteiger partial charge in [-0.25, -0.2) is 9.07 Å². The Hall–Kier alpha value is -0.170. The first-order chi connectivity index (χ1) is 13.1. The molecule has 0 aliphatic heterocycles. The Morgan fingerprint density at radius 3 is 1.30 bits per heavy atom. The minimum atomic E-state index is -3.99. The van der Waals surface area contributed by atoms with Gasteiger partial charge in [0.25, 0.3) is 0 Å². The Balaban J connectivity index is 3.15. The summed E-state index contributed by atoms with van der Waals surface area (Å²) >= 11 is 0. The Morgan fingerprint density at radius 1 is 0.556 bits per heavy atom. The van der Waals surface area contributed by atoms with E-state index in [0.717, 1.165) is 19.3 Å². The molecule has 0 amide bonds. The molecule has 0 aromatic heterocycles. The highest BCUT2D eigenvalue weighted by Gasteiger charge is 2.12. The molecule has 0 saturated carbocycles. The zero-order chi connectivity index (χ0) is 20.1. The molecule has 0 bridgehead atoms. The van der Waals surface area contributed by atoms with E-state index in [4.69, 9.17) is 0 Å². The van der Waals surface area contributed by atoms with E-state index in [2.05, 4.69) is 20.3 Å². The van der Waals surface area contributed by atoms with Crippen LogP contribution in [0.25, 0.3) is 0 Å². The highest BCUT2D eigenvalue weighted by atomic mass is 32.3. The van der Waals surface area contributed by atoms with Crippen LogP contribution in [-0.4, -0.2) is 21.6 Å². The molecular weight excluding hydrogens is 364 g/mol. The Morgan fingerprint density at radius 2 is 0.926 bits per heavy atom. The second-order valence-corrected chi connectivity index (χ2v) is 8.55. The van der Waals surface area contributed by atoms with E-state index >= 15 is 0 Å². The summed E-state index contributed by atoms with van der Waals surface area (Å²) in [7, 11) is -3.99. The zero-order valence-electron chi connectivity index (χ0n) is 17.9. The van der Waals surface area contributed by atoms with Crippen LogP contribution in [0.1, 0.15) is 123 Å². The topological polar surface area (TPSA) is 61.8 Å². The minimum absolute atomic E-state index is 0.161. The zero-order valence-corrected chi connectivity index (χ0v) is 18.7. The van der Waals surface area contributed by atoms with E-state index in [1.54, 1.807) is 6.92 Å². The molecule has 6 heteroatoms. The van der Waals surface area contributed by atoms with Crippen molar-refractivity contribution in [1.82, 2.24) is 0 Å².